The van der Waals surface area contributed by atoms with E-state index in [4.69, 9.17) is 11.6 Å². The lowest BCUT2D eigenvalue weighted by atomic mass is 9.94. The smallest absolute Gasteiger partial charge is 0.255 e. The molecule has 3 rings (SSSR count). The van der Waals surface area contributed by atoms with Gasteiger partial charge in [0.2, 0.25) is 0 Å². The molecule has 0 bridgehead atoms. The molecule has 0 N–H and O–H groups in total. The van der Waals surface area contributed by atoms with Crippen LogP contribution in [0.2, 0.25) is 5.15 Å². The third-order valence-corrected chi connectivity index (χ3v) is 4.43. The maximum Gasteiger partial charge on any atom is 0.255 e. The highest BCUT2D eigenvalue weighted by atomic mass is 35.5. The summed E-state index contributed by atoms with van der Waals surface area (Å²) in [6.07, 6.45) is 5.25. The molecule has 0 aliphatic carbocycles. The van der Waals surface area contributed by atoms with Crippen molar-refractivity contribution in [3.63, 3.8) is 0 Å². The van der Waals surface area contributed by atoms with Crippen molar-refractivity contribution in [1.29, 1.82) is 0 Å². The van der Waals surface area contributed by atoms with Crippen LogP contribution in [0.1, 0.15) is 31.7 Å². The number of hydrogen-bond donors (Lipinski definition) is 0. The molecule has 0 radical (unpaired) electrons. The summed E-state index contributed by atoms with van der Waals surface area (Å²) < 4.78 is 1.80. The molecule has 3 heterocycles. The normalized spacial score (nSPS) is 17.3. The Kier molecular flexibility index (Phi) is 3.31. The van der Waals surface area contributed by atoms with Gasteiger partial charge in [0.15, 0.2) is 0 Å². The highest BCUT2D eigenvalue weighted by molar-refractivity contribution is 6.30. The molecule has 19 heavy (non-hydrogen) atoms. The Balaban J connectivity index is 2.00. The van der Waals surface area contributed by atoms with E-state index < -0.39 is 0 Å². The van der Waals surface area contributed by atoms with Gasteiger partial charge >= 0.3 is 0 Å². The molecule has 102 valence electrons. The van der Waals surface area contributed by atoms with E-state index in [2.05, 4.69) is 26.9 Å². The van der Waals surface area contributed by atoms with Crippen LogP contribution in [0.4, 0.5) is 5.82 Å². The van der Waals surface area contributed by atoms with Gasteiger partial charge in [0.1, 0.15) is 17.3 Å². The molecule has 0 atom stereocenters. The Morgan fingerprint density at radius 1 is 1.37 bits per heavy atom. The highest BCUT2D eigenvalue weighted by Gasteiger charge is 2.23. The van der Waals surface area contributed by atoms with Crippen LogP contribution >= 0.6 is 11.6 Å². The minimum absolute atomic E-state index is 0.521. The van der Waals surface area contributed by atoms with Gasteiger partial charge < -0.3 is 4.90 Å². The summed E-state index contributed by atoms with van der Waals surface area (Å²) >= 11 is 6.21. The molecule has 2 aromatic heterocycles. The molecule has 0 amide bonds. The van der Waals surface area contributed by atoms with Gasteiger partial charge in [0.25, 0.3) is 5.78 Å². The first-order valence-corrected chi connectivity index (χ1v) is 7.19. The SMILES string of the molecule is CCC1CCN(c2c(C)c(Cl)nc3ncnn23)CC1. The van der Waals surface area contributed by atoms with E-state index in [-0.39, 0.29) is 0 Å². The summed E-state index contributed by atoms with van der Waals surface area (Å²) in [6.45, 7) is 6.37. The summed E-state index contributed by atoms with van der Waals surface area (Å²) in [5.41, 5.74) is 0.981. The predicted octanol–water partition coefficient (Wildman–Crippen LogP) is 2.71. The molecule has 5 nitrogen and oxygen atoms in total. The Bertz CT molecular complexity index is 586. The molecular formula is C13H18ClN5. The lowest BCUT2D eigenvalue weighted by molar-refractivity contribution is 0.392. The summed E-state index contributed by atoms with van der Waals surface area (Å²) in [6, 6.07) is 0. The fourth-order valence-electron chi connectivity index (χ4n) is 2.81. The molecule has 0 saturated carbocycles. The molecule has 1 fully saturated rings. The second-order valence-electron chi connectivity index (χ2n) is 5.16. The van der Waals surface area contributed by atoms with Gasteiger partial charge in [-0.25, -0.2) is 0 Å². The largest absolute Gasteiger partial charge is 0.356 e. The molecule has 1 aliphatic heterocycles. The first-order valence-electron chi connectivity index (χ1n) is 6.81. The molecule has 0 aromatic carbocycles. The lowest BCUT2D eigenvalue weighted by Gasteiger charge is -2.33. The Morgan fingerprint density at radius 2 is 2.11 bits per heavy atom. The van der Waals surface area contributed by atoms with Gasteiger partial charge in [-0.1, -0.05) is 24.9 Å². The van der Waals surface area contributed by atoms with E-state index in [9.17, 15) is 0 Å². The third-order valence-electron chi connectivity index (χ3n) is 4.06. The highest BCUT2D eigenvalue weighted by Crippen LogP contribution is 2.29. The maximum atomic E-state index is 6.21. The Morgan fingerprint density at radius 3 is 2.79 bits per heavy atom. The zero-order valence-electron chi connectivity index (χ0n) is 11.3. The summed E-state index contributed by atoms with van der Waals surface area (Å²) in [7, 11) is 0. The van der Waals surface area contributed by atoms with Crippen LogP contribution in [-0.4, -0.2) is 32.7 Å². The summed E-state index contributed by atoms with van der Waals surface area (Å²) in [4.78, 5) is 10.7. The fourth-order valence-corrected chi connectivity index (χ4v) is 2.97. The second-order valence-corrected chi connectivity index (χ2v) is 5.52. The van der Waals surface area contributed by atoms with E-state index in [0.29, 0.717) is 10.9 Å². The minimum Gasteiger partial charge on any atom is -0.356 e. The van der Waals surface area contributed by atoms with Crippen LogP contribution in [0.3, 0.4) is 0 Å². The lowest BCUT2D eigenvalue weighted by Crippen LogP contribution is -2.35. The van der Waals surface area contributed by atoms with Crippen molar-refractivity contribution >= 4 is 23.2 Å². The van der Waals surface area contributed by atoms with E-state index in [1.165, 1.54) is 25.6 Å². The van der Waals surface area contributed by atoms with Crippen molar-refractivity contribution in [1.82, 2.24) is 19.6 Å². The Hall–Kier alpha value is -1.36. The van der Waals surface area contributed by atoms with Gasteiger partial charge in [-0.2, -0.15) is 19.6 Å². The van der Waals surface area contributed by atoms with Gasteiger partial charge in [-0.05, 0) is 25.7 Å². The van der Waals surface area contributed by atoms with Crippen molar-refractivity contribution in [2.24, 2.45) is 5.92 Å². The van der Waals surface area contributed by atoms with Crippen molar-refractivity contribution < 1.29 is 0 Å². The second kappa shape index (κ2) is 4.96. The number of fused-ring (bicyclic) bond motifs is 1. The molecule has 0 unspecified atom stereocenters. The topological polar surface area (TPSA) is 46.3 Å². The van der Waals surface area contributed by atoms with Crippen LogP contribution in [0.25, 0.3) is 5.78 Å². The number of piperidine rings is 1. The van der Waals surface area contributed by atoms with Crippen molar-refractivity contribution in [3.05, 3.63) is 17.0 Å². The monoisotopic (exact) mass is 279 g/mol. The van der Waals surface area contributed by atoms with Gasteiger partial charge in [0, 0.05) is 18.7 Å². The van der Waals surface area contributed by atoms with Crippen LogP contribution in [0.15, 0.2) is 6.33 Å². The number of rotatable bonds is 2. The van der Waals surface area contributed by atoms with Crippen molar-refractivity contribution in [2.75, 3.05) is 18.0 Å². The molecule has 1 saturated heterocycles. The predicted molar refractivity (Wildman–Crippen MR) is 75.8 cm³/mol. The van der Waals surface area contributed by atoms with Gasteiger partial charge in [-0.3, -0.25) is 0 Å². The maximum absolute atomic E-state index is 6.21. The van der Waals surface area contributed by atoms with E-state index in [1.54, 1.807) is 4.52 Å². The van der Waals surface area contributed by atoms with E-state index in [0.717, 1.165) is 30.4 Å². The van der Waals surface area contributed by atoms with E-state index in [1.807, 2.05) is 6.92 Å². The molecule has 2 aromatic rings. The van der Waals surface area contributed by atoms with Crippen LogP contribution in [0.5, 0.6) is 0 Å². The average Bonchev–Trinajstić information content (AvgIpc) is 2.88. The fraction of sp³-hybridized carbons (Fsp3) is 0.615. The molecule has 0 spiro atoms. The zero-order chi connectivity index (χ0) is 13.4. The zero-order valence-corrected chi connectivity index (χ0v) is 12.1. The van der Waals surface area contributed by atoms with E-state index >= 15 is 0 Å². The number of nitrogens with zero attached hydrogens (tertiary/aromatic N) is 5. The minimum atomic E-state index is 0.521. The van der Waals surface area contributed by atoms with Crippen molar-refractivity contribution in [2.45, 2.75) is 33.1 Å². The average molecular weight is 280 g/mol. The van der Waals surface area contributed by atoms with Crippen LogP contribution in [0, 0.1) is 12.8 Å². The first kappa shape index (κ1) is 12.7. The van der Waals surface area contributed by atoms with Crippen LogP contribution < -0.4 is 4.90 Å². The molecular weight excluding hydrogens is 262 g/mol. The number of aromatic nitrogens is 4. The number of halogens is 1. The van der Waals surface area contributed by atoms with Gasteiger partial charge in [0.05, 0.1) is 0 Å². The summed E-state index contributed by atoms with van der Waals surface area (Å²) in [5, 5.41) is 4.80. The van der Waals surface area contributed by atoms with Gasteiger partial charge in [-0.15, -0.1) is 0 Å². The standard InChI is InChI=1S/C13H18ClN5/c1-3-10-4-6-18(7-5-10)12-9(2)11(14)17-13-15-8-16-19(12)13/h8,10H,3-7H2,1-2H3. The Labute approximate surface area is 117 Å². The number of anilines is 1. The summed E-state index contributed by atoms with van der Waals surface area (Å²) in [5.74, 6) is 2.46. The third kappa shape index (κ3) is 2.16. The molecule has 6 heteroatoms. The first-order chi connectivity index (χ1) is 9.20. The van der Waals surface area contributed by atoms with Crippen molar-refractivity contribution in [3.8, 4) is 0 Å². The molecule has 1 aliphatic rings. The number of hydrogen-bond acceptors (Lipinski definition) is 4. The quantitative estimate of drug-likeness (QED) is 0.793. The van der Waals surface area contributed by atoms with Crippen LogP contribution in [-0.2, 0) is 0 Å².